The van der Waals surface area contributed by atoms with Gasteiger partial charge in [0.1, 0.15) is 0 Å². The summed E-state index contributed by atoms with van der Waals surface area (Å²) in [5, 5.41) is 0. The van der Waals surface area contributed by atoms with Crippen LogP contribution in [0.3, 0.4) is 0 Å². The number of hydrogen-bond donors (Lipinski definition) is 1. The van der Waals surface area contributed by atoms with Crippen LogP contribution < -0.4 is 5.73 Å². The average Bonchev–Trinajstić information content (AvgIpc) is 2.38. The second-order valence-corrected chi connectivity index (χ2v) is 5.59. The molecule has 0 saturated carbocycles. The number of morpholine rings is 1. The molecule has 98 valence electrons. The fourth-order valence-electron chi connectivity index (χ4n) is 3.08. The Labute approximate surface area is 109 Å². The molecule has 2 aliphatic rings. The number of nitrogens with two attached hydrogens (primary N) is 1. The van der Waals surface area contributed by atoms with Crippen molar-refractivity contribution in [1.82, 2.24) is 4.90 Å². The van der Waals surface area contributed by atoms with Gasteiger partial charge in [0.15, 0.2) is 0 Å². The van der Waals surface area contributed by atoms with Gasteiger partial charge in [0.2, 0.25) is 0 Å². The maximum atomic E-state index is 5.71. The zero-order chi connectivity index (χ0) is 12.5. The Morgan fingerprint density at radius 1 is 1.39 bits per heavy atom. The monoisotopic (exact) mass is 246 g/mol. The molecule has 0 aromatic heterocycles. The minimum absolute atomic E-state index is 0.219. The van der Waals surface area contributed by atoms with Crippen molar-refractivity contribution in [3.8, 4) is 0 Å². The summed E-state index contributed by atoms with van der Waals surface area (Å²) in [5.41, 5.74) is 8.78. The van der Waals surface area contributed by atoms with Crippen molar-refractivity contribution < 1.29 is 4.74 Å². The van der Waals surface area contributed by atoms with Crippen LogP contribution in [0.1, 0.15) is 24.0 Å². The second kappa shape index (κ2) is 5.00. The van der Waals surface area contributed by atoms with Crippen LogP contribution in [0.15, 0.2) is 24.3 Å². The van der Waals surface area contributed by atoms with E-state index in [4.69, 9.17) is 10.5 Å². The van der Waals surface area contributed by atoms with Gasteiger partial charge in [-0.1, -0.05) is 24.3 Å². The molecule has 3 atom stereocenters. The first kappa shape index (κ1) is 12.2. The number of hydrogen-bond acceptors (Lipinski definition) is 3. The van der Waals surface area contributed by atoms with E-state index >= 15 is 0 Å². The third-order valence-electron chi connectivity index (χ3n) is 4.31. The zero-order valence-electron chi connectivity index (χ0n) is 11.0. The van der Waals surface area contributed by atoms with Gasteiger partial charge in [0.25, 0.3) is 0 Å². The van der Waals surface area contributed by atoms with Gasteiger partial charge in [0.05, 0.1) is 12.7 Å². The highest BCUT2D eigenvalue weighted by Crippen LogP contribution is 2.35. The zero-order valence-corrected chi connectivity index (χ0v) is 11.0. The third kappa shape index (κ3) is 2.18. The first-order valence-electron chi connectivity index (χ1n) is 6.91. The van der Waals surface area contributed by atoms with Crippen molar-refractivity contribution in [2.24, 2.45) is 5.73 Å². The average molecular weight is 246 g/mol. The highest BCUT2D eigenvalue weighted by molar-refractivity contribution is 5.40. The molecule has 1 aromatic rings. The lowest BCUT2D eigenvalue weighted by atomic mass is 9.77. The lowest BCUT2D eigenvalue weighted by Crippen LogP contribution is -2.52. The number of rotatable bonds is 3. The van der Waals surface area contributed by atoms with Crippen LogP contribution in [-0.4, -0.2) is 43.3 Å². The van der Waals surface area contributed by atoms with Gasteiger partial charge in [-0.2, -0.15) is 0 Å². The standard InChI is InChI=1S/C15H22N2O/c1-11-10-18-14(7-16)9-17(11)8-13-6-12-4-2-3-5-15(12)13/h2-5,11,13-14H,6-10,16H2,1H3. The van der Waals surface area contributed by atoms with E-state index in [1.807, 2.05) is 0 Å². The van der Waals surface area contributed by atoms with Crippen LogP contribution in [0.25, 0.3) is 0 Å². The van der Waals surface area contributed by atoms with Crippen molar-refractivity contribution in [3.05, 3.63) is 35.4 Å². The molecule has 1 aromatic carbocycles. The SMILES string of the molecule is CC1COC(CN)CN1CC1Cc2ccccc21. The molecule has 18 heavy (non-hydrogen) atoms. The lowest BCUT2D eigenvalue weighted by molar-refractivity contribution is -0.0558. The summed E-state index contributed by atoms with van der Waals surface area (Å²) in [6.07, 6.45) is 1.45. The van der Waals surface area contributed by atoms with E-state index in [0.717, 1.165) is 19.7 Å². The maximum absolute atomic E-state index is 5.71. The summed E-state index contributed by atoms with van der Waals surface area (Å²) in [7, 11) is 0. The predicted molar refractivity (Wildman–Crippen MR) is 72.7 cm³/mol. The van der Waals surface area contributed by atoms with Gasteiger partial charge >= 0.3 is 0 Å². The summed E-state index contributed by atoms with van der Waals surface area (Å²) < 4.78 is 5.71. The molecule has 0 bridgehead atoms. The number of nitrogens with zero attached hydrogens (tertiary/aromatic N) is 1. The van der Waals surface area contributed by atoms with Gasteiger partial charge in [-0.3, -0.25) is 4.90 Å². The van der Waals surface area contributed by atoms with Crippen LogP contribution in [-0.2, 0) is 11.2 Å². The van der Waals surface area contributed by atoms with Crippen LogP contribution in [0, 0.1) is 0 Å². The predicted octanol–water partition coefficient (Wildman–Crippen LogP) is 1.37. The molecule has 1 aliphatic heterocycles. The molecule has 3 rings (SSSR count). The van der Waals surface area contributed by atoms with E-state index in [2.05, 4.69) is 36.1 Å². The van der Waals surface area contributed by atoms with Gasteiger partial charge in [-0.25, -0.2) is 0 Å². The number of ether oxygens (including phenoxy) is 1. The highest BCUT2D eigenvalue weighted by Gasteiger charge is 2.31. The second-order valence-electron chi connectivity index (χ2n) is 5.59. The molecule has 0 radical (unpaired) electrons. The molecule has 1 heterocycles. The van der Waals surface area contributed by atoms with Crippen molar-refractivity contribution in [2.45, 2.75) is 31.4 Å². The van der Waals surface area contributed by atoms with Crippen molar-refractivity contribution in [1.29, 1.82) is 0 Å². The molecule has 2 N–H and O–H groups in total. The van der Waals surface area contributed by atoms with Crippen LogP contribution >= 0.6 is 0 Å². The highest BCUT2D eigenvalue weighted by atomic mass is 16.5. The van der Waals surface area contributed by atoms with E-state index in [0.29, 0.717) is 18.5 Å². The Hall–Kier alpha value is -0.900. The largest absolute Gasteiger partial charge is 0.374 e. The van der Waals surface area contributed by atoms with Gasteiger partial charge in [-0.15, -0.1) is 0 Å². The van der Waals surface area contributed by atoms with Gasteiger partial charge in [0, 0.05) is 31.6 Å². The Kier molecular flexibility index (Phi) is 3.37. The lowest BCUT2D eigenvalue weighted by Gasteiger charge is -2.42. The fourth-order valence-corrected chi connectivity index (χ4v) is 3.08. The summed E-state index contributed by atoms with van der Waals surface area (Å²) >= 11 is 0. The van der Waals surface area contributed by atoms with Crippen molar-refractivity contribution in [2.75, 3.05) is 26.2 Å². The normalized spacial score (nSPS) is 31.8. The Balaban J connectivity index is 1.63. The smallest absolute Gasteiger partial charge is 0.0824 e. The van der Waals surface area contributed by atoms with Crippen LogP contribution in [0.5, 0.6) is 0 Å². The molecule has 3 nitrogen and oxygen atoms in total. The maximum Gasteiger partial charge on any atom is 0.0824 e. The van der Waals surface area contributed by atoms with E-state index in [9.17, 15) is 0 Å². The Morgan fingerprint density at radius 2 is 2.22 bits per heavy atom. The number of benzene rings is 1. The van der Waals surface area contributed by atoms with Gasteiger partial charge < -0.3 is 10.5 Å². The molecule has 0 spiro atoms. The Morgan fingerprint density at radius 3 is 3.00 bits per heavy atom. The van der Waals surface area contributed by atoms with E-state index in [1.165, 1.54) is 12.0 Å². The molecular weight excluding hydrogens is 224 g/mol. The van der Waals surface area contributed by atoms with E-state index in [1.54, 1.807) is 5.56 Å². The number of fused-ring (bicyclic) bond motifs is 1. The molecular formula is C15H22N2O. The molecule has 1 fully saturated rings. The van der Waals surface area contributed by atoms with E-state index in [-0.39, 0.29) is 6.10 Å². The summed E-state index contributed by atoms with van der Waals surface area (Å²) in [4.78, 5) is 2.54. The minimum atomic E-state index is 0.219. The summed E-state index contributed by atoms with van der Waals surface area (Å²) in [5.74, 6) is 0.708. The van der Waals surface area contributed by atoms with Crippen LogP contribution in [0.2, 0.25) is 0 Å². The van der Waals surface area contributed by atoms with Crippen molar-refractivity contribution >= 4 is 0 Å². The Bertz CT molecular complexity index is 421. The first-order chi connectivity index (χ1) is 8.78. The van der Waals surface area contributed by atoms with E-state index < -0.39 is 0 Å². The molecule has 1 aliphatic carbocycles. The fraction of sp³-hybridized carbons (Fsp3) is 0.600. The summed E-state index contributed by atoms with van der Waals surface area (Å²) in [6, 6.07) is 9.32. The van der Waals surface area contributed by atoms with Crippen molar-refractivity contribution in [3.63, 3.8) is 0 Å². The molecule has 3 unspecified atom stereocenters. The van der Waals surface area contributed by atoms with Gasteiger partial charge in [-0.05, 0) is 24.5 Å². The third-order valence-corrected chi connectivity index (χ3v) is 4.31. The topological polar surface area (TPSA) is 38.5 Å². The molecule has 1 saturated heterocycles. The quantitative estimate of drug-likeness (QED) is 0.875. The minimum Gasteiger partial charge on any atom is -0.374 e. The first-order valence-corrected chi connectivity index (χ1v) is 6.91. The molecule has 3 heteroatoms. The molecule has 0 amide bonds. The summed E-state index contributed by atoms with van der Waals surface area (Å²) in [6.45, 7) is 5.83. The van der Waals surface area contributed by atoms with Crippen LogP contribution in [0.4, 0.5) is 0 Å².